The van der Waals surface area contributed by atoms with Gasteiger partial charge in [-0.15, -0.1) is 0 Å². The van der Waals surface area contributed by atoms with Gasteiger partial charge in [-0.2, -0.15) is 0 Å². The van der Waals surface area contributed by atoms with Crippen molar-refractivity contribution in [3.05, 3.63) is 46.1 Å². The molecule has 2 rings (SSSR count). The molecule has 0 spiro atoms. The highest BCUT2D eigenvalue weighted by Gasteiger charge is 2.06. The molecule has 5 heteroatoms. The number of aromatic nitrogens is 1. The molecule has 0 aliphatic heterocycles. The average Bonchev–Trinajstić information content (AvgIpc) is 2.67. The van der Waals surface area contributed by atoms with Gasteiger partial charge in [0.1, 0.15) is 23.9 Å². The summed E-state index contributed by atoms with van der Waals surface area (Å²) >= 11 is 3.33. The molecule has 2 aromatic heterocycles. The molecule has 0 unspecified atom stereocenters. The lowest BCUT2D eigenvalue weighted by Crippen LogP contribution is -1.96. The Morgan fingerprint density at radius 3 is 2.88 bits per heavy atom. The normalized spacial score (nSPS) is 10.5. The summed E-state index contributed by atoms with van der Waals surface area (Å²) < 4.78 is 12.0. The fraction of sp³-hybridized carbons (Fsp3) is 0.250. The van der Waals surface area contributed by atoms with Crippen LogP contribution in [0.1, 0.15) is 17.1 Å². The van der Waals surface area contributed by atoms with Crippen LogP contribution in [0.5, 0.6) is 5.75 Å². The van der Waals surface area contributed by atoms with Crippen LogP contribution in [0.4, 0.5) is 0 Å². The Morgan fingerprint density at radius 1 is 1.41 bits per heavy atom. The van der Waals surface area contributed by atoms with Crippen LogP contribution < -0.4 is 10.5 Å². The maximum atomic E-state index is 5.56. The zero-order chi connectivity index (χ0) is 12.3. The van der Waals surface area contributed by atoms with Gasteiger partial charge < -0.3 is 14.9 Å². The number of hydrogen-bond donors (Lipinski definition) is 1. The van der Waals surface area contributed by atoms with Gasteiger partial charge in [0, 0.05) is 10.7 Å². The average molecular weight is 297 g/mol. The number of furan rings is 1. The first kappa shape index (κ1) is 12.1. The first-order valence-electron chi connectivity index (χ1n) is 5.20. The van der Waals surface area contributed by atoms with Crippen molar-refractivity contribution in [2.45, 2.75) is 20.1 Å². The zero-order valence-electron chi connectivity index (χ0n) is 9.44. The summed E-state index contributed by atoms with van der Waals surface area (Å²) in [7, 11) is 0. The van der Waals surface area contributed by atoms with Crippen LogP contribution in [0.2, 0.25) is 0 Å². The number of nitrogens with zero attached hydrogens (tertiary/aromatic N) is 1. The highest BCUT2D eigenvalue weighted by atomic mass is 79.9. The minimum atomic E-state index is 0.374. The smallest absolute Gasteiger partial charge is 0.146 e. The first-order valence-corrected chi connectivity index (χ1v) is 6.00. The Bertz CT molecular complexity index is 511. The van der Waals surface area contributed by atoms with E-state index < -0.39 is 0 Å². The lowest BCUT2D eigenvalue weighted by Gasteiger charge is -2.03. The van der Waals surface area contributed by atoms with E-state index in [0.717, 1.165) is 21.6 Å². The molecule has 0 aliphatic rings. The van der Waals surface area contributed by atoms with Gasteiger partial charge in [0.25, 0.3) is 0 Å². The molecule has 0 saturated carbocycles. The molecule has 0 radical (unpaired) electrons. The molecule has 2 N–H and O–H groups in total. The van der Waals surface area contributed by atoms with Gasteiger partial charge in [-0.05, 0) is 40.5 Å². The van der Waals surface area contributed by atoms with E-state index >= 15 is 0 Å². The van der Waals surface area contributed by atoms with Gasteiger partial charge in [0.15, 0.2) is 0 Å². The molecule has 0 amide bonds. The number of aryl methyl sites for hydroxylation is 1. The maximum absolute atomic E-state index is 5.56. The van der Waals surface area contributed by atoms with Gasteiger partial charge in [-0.1, -0.05) is 0 Å². The van der Waals surface area contributed by atoms with Crippen LogP contribution in [0, 0.1) is 6.92 Å². The predicted molar refractivity (Wildman–Crippen MR) is 67.6 cm³/mol. The number of ether oxygens (including phenoxy) is 1. The minimum Gasteiger partial charge on any atom is -0.484 e. The Kier molecular flexibility index (Phi) is 3.81. The molecule has 17 heavy (non-hydrogen) atoms. The SMILES string of the molecule is Cc1cc(COc2cncc(Br)c2)oc1CN. The van der Waals surface area contributed by atoms with E-state index in [4.69, 9.17) is 14.9 Å². The van der Waals surface area contributed by atoms with Crippen LogP contribution in [0.3, 0.4) is 0 Å². The largest absolute Gasteiger partial charge is 0.484 e. The van der Waals surface area contributed by atoms with Crippen molar-refractivity contribution >= 4 is 15.9 Å². The highest BCUT2D eigenvalue weighted by molar-refractivity contribution is 9.10. The van der Waals surface area contributed by atoms with Crippen LogP contribution in [0.15, 0.2) is 33.4 Å². The molecule has 0 aliphatic carbocycles. The monoisotopic (exact) mass is 296 g/mol. The molecule has 2 heterocycles. The maximum Gasteiger partial charge on any atom is 0.146 e. The van der Waals surface area contributed by atoms with Crippen LogP contribution in [-0.2, 0) is 13.2 Å². The summed E-state index contributed by atoms with van der Waals surface area (Å²) in [6.45, 7) is 2.75. The third-order valence-electron chi connectivity index (χ3n) is 2.32. The van der Waals surface area contributed by atoms with Gasteiger partial charge in [0.2, 0.25) is 0 Å². The zero-order valence-corrected chi connectivity index (χ0v) is 11.0. The van der Waals surface area contributed by atoms with Gasteiger partial charge in [-0.3, -0.25) is 4.98 Å². The molecular weight excluding hydrogens is 284 g/mol. The van der Waals surface area contributed by atoms with Crippen molar-refractivity contribution in [2.75, 3.05) is 0 Å². The Hall–Kier alpha value is -1.33. The van der Waals surface area contributed by atoms with Crippen molar-refractivity contribution in [1.29, 1.82) is 0 Å². The third-order valence-corrected chi connectivity index (χ3v) is 2.75. The molecule has 0 bridgehead atoms. The fourth-order valence-corrected chi connectivity index (χ4v) is 1.83. The van der Waals surface area contributed by atoms with Crippen molar-refractivity contribution in [2.24, 2.45) is 5.73 Å². The third kappa shape index (κ3) is 3.08. The summed E-state index contributed by atoms with van der Waals surface area (Å²) in [5.41, 5.74) is 6.59. The summed E-state index contributed by atoms with van der Waals surface area (Å²) in [5.74, 6) is 2.27. The minimum absolute atomic E-state index is 0.374. The number of nitrogens with two attached hydrogens (primary N) is 1. The summed E-state index contributed by atoms with van der Waals surface area (Å²) in [4.78, 5) is 4.01. The van der Waals surface area contributed by atoms with Crippen molar-refractivity contribution in [3.8, 4) is 5.75 Å². The molecule has 0 saturated heterocycles. The molecule has 4 nitrogen and oxygen atoms in total. The Morgan fingerprint density at radius 2 is 2.24 bits per heavy atom. The topological polar surface area (TPSA) is 61.3 Å². The van der Waals surface area contributed by atoms with Gasteiger partial charge >= 0.3 is 0 Å². The Balaban J connectivity index is 2.02. The van der Waals surface area contributed by atoms with Crippen molar-refractivity contribution in [1.82, 2.24) is 4.98 Å². The van der Waals surface area contributed by atoms with E-state index in [1.165, 1.54) is 0 Å². The lowest BCUT2D eigenvalue weighted by atomic mass is 10.3. The number of rotatable bonds is 4. The molecule has 90 valence electrons. The van der Waals surface area contributed by atoms with E-state index in [1.54, 1.807) is 12.4 Å². The standard InChI is InChI=1S/C12H13BrN2O2/c1-8-2-11(17-12(8)4-14)7-16-10-3-9(13)5-15-6-10/h2-3,5-6H,4,7,14H2,1H3. The molecule has 0 aromatic carbocycles. The molecular formula is C12H13BrN2O2. The van der Waals surface area contributed by atoms with Crippen LogP contribution in [0.25, 0.3) is 0 Å². The van der Waals surface area contributed by atoms with E-state index in [-0.39, 0.29) is 0 Å². The van der Waals surface area contributed by atoms with Crippen molar-refractivity contribution < 1.29 is 9.15 Å². The van der Waals surface area contributed by atoms with E-state index in [1.807, 2.05) is 19.1 Å². The second kappa shape index (κ2) is 5.33. The molecule has 0 fully saturated rings. The molecule has 0 atom stereocenters. The quantitative estimate of drug-likeness (QED) is 0.942. The van der Waals surface area contributed by atoms with E-state index in [2.05, 4.69) is 20.9 Å². The van der Waals surface area contributed by atoms with Crippen LogP contribution >= 0.6 is 15.9 Å². The number of hydrogen-bond acceptors (Lipinski definition) is 4. The van der Waals surface area contributed by atoms with E-state index in [0.29, 0.717) is 18.9 Å². The predicted octanol–water partition coefficient (Wildman–Crippen LogP) is 2.78. The summed E-state index contributed by atoms with van der Waals surface area (Å²) in [6, 6.07) is 3.79. The summed E-state index contributed by atoms with van der Waals surface area (Å²) in [5, 5.41) is 0. The van der Waals surface area contributed by atoms with Gasteiger partial charge in [-0.25, -0.2) is 0 Å². The molecule has 2 aromatic rings. The lowest BCUT2D eigenvalue weighted by molar-refractivity contribution is 0.265. The summed E-state index contributed by atoms with van der Waals surface area (Å²) in [6.07, 6.45) is 3.36. The number of halogens is 1. The van der Waals surface area contributed by atoms with E-state index in [9.17, 15) is 0 Å². The fourth-order valence-electron chi connectivity index (χ4n) is 1.49. The highest BCUT2D eigenvalue weighted by Crippen LogP contribution is 2.19. The van der Waals surface area contributed by atoms with Crippen LogP contribution in [-0.4, -0.2) is 4.98 Å². The van der Waals surface area contributed by atoms with Crippen molar-refractivity contribution in [3.63, 3.8) is 0 Å². The number of pyridine rings is 1. The second-order valence-corrected chi connectivity index (χ2v) is 4.57. The first-order chi connectivity index (χ1) is 8.19. The second-order valence-electron chi connectivity index (χ2n) is 3.65. The van der Waals surface area contributed by atoms with Gasteiger partial charge in [0.05, 0.1) is 12.7 Å². The Labute approximate surface area is 108 Å².